The Morgan fingerprint density at radius 2 is 2.06 bits per heavy atom. The molecule has 1 aromatic carbocycles. The van der Waals surface area contributed by atoms with Crippen LogP contribution >= 0.6 is 15.9 Å². The van der Waals surface area contributed by atoms with Gasteiger partial charge < -0.3 is 10.8 Å². The molecule has 0 aromatic heterocycles. The minimum absolute atomic E-state index is 0.173. The lowest BCUT2D eigenvalue weighted by Gasteiger charge is -2.33. The highest BCUT2D eigenvalue weighted by molar-refractivity contribution is 9.10. The predicted octanol–water partition coefficient (Wildman–Crippen LogP) is 2.62. The van der Waals surface area contributed by atoms with Gasteiger partial charge in [-0.1, -0.05) is 15.9 Å². The number of halogens is 1. The molecule has 1 aliphatic rings. The van der Waals surface area contributed by atoms with Crippen LogP contribution in [0.5, 0.6) is 0 Å². The first-order valence-corrected chi connectivity index (χ1v) is 7.29. The molecule has 2 rings (SSSR count). The number of aliphatic hydroxyl groups excluding tert-OH is 1. The molecule has 1 atom stereocenters. The average Bonchev–Trinajstić information content (AvgIpc) is 2.28. The molecule has 1 aliphatic heterocycles. The monoisotopic (exact) mass is 312 g/mol. The van der Waals surface area contributed by atoms with Gasteiger partial charge in [-0.15, -0.1) is 0 Å². The van der Waals surface area contributed by atoms with Crippen LogP contribution in [-0.4, -0.2) is 29.2 Å². The Labute approximate surface area is 117 Å². The topological polar surface area (TPSA) is 49.5 Å². The molecular formula is C14H21BrN2O. The van der Waals surface area contributed by atoms with Crippen molar-refractivity contribution in [3.8, 4) is 0 Å². The molecule has 0 aliphatic carbocycles. The van der Waals surface area contributed by atoms with E-state index in [0.29, 0.717) is 5.92 Å². The van der Waals surface area contributed by atoms with E-state index in [2.05, 4.69) is 26.9 Å². The largest absolute Gasteiger partial charge is 0.399 e. The van der Waals surface area contributed by atoms with Gasteiger partial charge in [0.25, 0.3) is 0 Å². The van der Waals surface area contributed by atoms with Crippen molar-refractivity contribution in [2.75, 3.05) is 18.8 Å². The molecule has 3 N–H and O–H groups in total. The van der Waals surface area contributed by atoms with E-state index in [1.54, 1.807) is 0 Å². The lowest BCUT2D eigenvalue weighted by atomic mass is 9.92. The van der Waals surface area contributed by atoms with Gasteiger partial charge in [0.05, 0.1) is 6.10 Å². The molecule has 1 aromatic rings. The molecule has 100 valence electrons. The second kappa shape index (κ2) is 6.04. The van der Waals surface area contributed by atoms with Crippen LogP contribution in [0.2, 0.25) is 0 Å². The Hall–Kier alpha value is -0.580. The van der Waals surface area contributed by atoms with Crippen LogP contribution in [0, 0.1) is 5.92 Å². The number of hydrogen-bond acceptors (Lipinski definition) is 3. The number of piperidine rings is 1. The number of anilines is 1. The Balaban J connectivity index is 1.91. The van der Waals surface area contributed by atoms with Crippen LogP contribution in [0.3, 0.4) is 0 Å². The molecule has 1 unspecified atom stereocenters. The van der Waals surface area contributed by atoms with E-state index < -0.39 is 0 Å². The average molecular weight is 313 g/mol. The van der Waals surface area contributed by atoms with Gasteiger partial charge in [-0.05, 0) is 62.5 Å². The summed E-state index contributed by atoms with van der Waals surface area (Å²) in [6.45, 7) is 4.95. The summed E-state index contributed by atoms with van der Waals surface area (Å²) < 4.78 is 1.04. The number of hydrogen-bond donors (Lipinski definition) is 2. The van der Waals surface area contributed by atoms with Crippen molar-refractivity contribution in [2.24, 2.45) is 5.92 Å². The lowest BCUT2D eigenvalue weighted by molar-refractivity contribution is 0.0695. The van der Waals surface area contributed by atoms with E-state index >= 15 is 0 Å². The predicted molar refractivity (Wildman–Crippen MR) is 78.2 cm³/mol. The molecular weight excluding hydrogens is 292 g/mol. The minimum atomic E-state index is -0.173. The van der Waals surface area contributed by atoms with E-state index in [0.717, 1.165) is 42.6 Å². The zero-order chi connectivity index (χ0) is 13.1. The highest BCUT2D eigenvalue weighted by Crippen LogP contribution is 2.23. The molecule has 0 saturated carbocycles. The van der Waals surface area contributed by atoms with Gasteiger partial charge in [0, 0.05) is 16.7 Å². The number of nitrogens with two attached hydrogens (primary N) is 1. The van der Waals surface area contributed by atoms with E-state index in [9.17, 15) is 5.11 Å². The summed E-state index contributed by atoms with van der Waals surface area (Å²) in [4.78, 5) is 2.43. The van der Waals surface area contributed by atoms with Gasteiger partial charge in [0.1, 0.15) is 0 Å². The van der Waals surface area contributed by atoms with E-state index in [-0.39, 0.29) is 6.10 Å². The highest BCUT2D eigenvalue weighted by atomic mass is 79.9. The van der Waals surface area contributed by atoms with Crippen molar-refractivity contribution in [2.45, 2.75) is 32.4 Å². The quantitative estimate of drug-likeness (QED) is 0.844. The summed E-state index contributed by atoms with van der Waals surface area (Å²) in [5, 5.41) is 9.58. The van der Waals surface area contributed by atoms with Crippen LogP contribution in [0.1, 0.15) is 25.3 Å². The Morgan fingerprint density at radius 3 is 2.61 bits per heavy atom. The highest BCUT2D eigenvalue weighted by Gasteiger charge is 2.22. The fraction of sp³-hybridized carbons (Fsp3) is 0.571. The maximum Gasteiger partial charge on any atom is 0.0541 e. The van der Waals surface area contributed by atoms with Gasteiger partial charge in [-0.25, -0.2) is 0 Å². The van der Waals surface area contributed by atoms with Crippen molar-refractivity contribution >= 4 is 21.6 Å². The molecule has 1 fully saturated rings. The standard InChI is InChI=1S/C14H21BrN2O/c1-10(18)12-2-4-17(5-3-12)9-11-6-13(15)8-14(16)7-11/h6-8,10,12,18H,2-5,9,16H2,1H3. The number of nitrogen functional groups attached to an aromatic ring is 1. The number of aliphatic hydroxyl groups is 1. The molecule has 0 radical (unpaired) electrons. The third-order valence-electron chi connectivity index (χ3n) is 3.70. The first-order chi connectivity index (χ1) is 8.54. The molecule has 4 heteroatoms. The number of likely N-dealkylation sites (tertiary alicyclic amines) is 1. The van der Waals surface area contributed by atoms with Crippen LogP contribution in [0.15, 0.2) is 22.7 Å². The summed E-state index contributed by atoms with van der Waals surface area (Å²) in [5.41, 5.74) is 7.90. The lowest BCUT2D eigenvalue weighted by Crippen LogP contribution is -2.36. The summed E-state index contributed by atoms with van der Waals surface area (Å²) in [5.74, 6) is 0.467. The van der Waals surface area contributed by atoms with Gasteiger partial charge in [-0.2, -0.15) is 0 Å². The minimum Gasteiger partial charge on any atom is -0.399 e. The van der Waals surface area contributed by atoms with Gasteiger partial charge in [0.15, 0.2) is 0 Å². The van der Waals surface area contributed by atoms with Crippen LogP contribution in [-0.2, 0) is 6.54 Å². The van der Waals surface area contributed by atoms with Crippen molar-refractivity contribution in [1.82, 2.24) is 4.90 Å². The van der Waals surface area contributed by atoms with Gasteiger partial charge in [0.2, 0.25) is 0 Å². The first-order valence-electron chi connectivity index (χ1n) is 6.50. The number of rotatable bonds is 3. The SMILES string of the molecule is CC(O)C1CCN(Cc2cc(N)cc(Br)c2)CC1. The third kappa shape index (κ3) is 3.70. The van der Waals surface area contributed by atoms with Crippen LogP contribution in [0.25, 0.3) is 0 Å². The normalized spacial score (nSPS) is 19.9. The first kappa shape index (κ1) is 13.8. The zero-order valence-corrected chi connectivity index (χ0v) is 12.4. The summed E-state index contributed by atoms with van der Waals surface area (Å²) >= 11 is 3.47. The molecule has 0 amide bonds. The van der Waals surface area contributed by atoms with E-state index in [1.165, 1.54) is 5.56 Å². The van der Waals surface area contributed by atoms with E-state index in [4.69, 9.17) is 5.73 Å². The van der Waals surface area contributed by atoms with Crippen LogP contribution in [0.4, 0.5) is 5.69 Å². The molecule has 3 nitrogen and oxygen atoms in total. The van der Waals surface area contributed by atoms with Crippen molar-refractivity contribution < 1.29 is 5.11 Å². The zero-order valence-electron chi connectivity index (χ0n) is 10.8. The Morgan fingerprint density at radius 1 is 1.39 bits per heavy atom. The van der Waals surface area contributed by atoms with Crippen molar-refractivity contribution in [3.05, 3.63) is 28.2 Å². The van der Waals surface area contributed by atoms with Gasteiger partial charge in [-0.3, -0.25) is 4.90 Å². The second-order valence-corrected chi connectivity index (χ2v) is 6.16. The maximum absolute atomic E-state index is 9.58. The van der Waals surface area contributed by atoms with E-state index in [1.807, 2.05) is 19.1 Å². The maximum atomic E-state index is 9.58. The summed E-state index contributed by atoms with van der Waals surface area (Å²) in [6.07, 6.45) is 2.00. The number of benzene rings is 1. The fourth-order valence-electron chi connectivity index (χ4n) is 2.62. The molecule has 0 spiro atoms. The Bertz CT molecular complexity index is 381. The number of nitrogens with zero attached hydrogens (tertiary/aromatic N) is 1. The van der Waals surface area contributed by atoms with Crippen molar-refractivity contribution in [3.63, 3.8) is 0 Å². The summed E-state index contributed by atoms with van der Waals surface area (Å²) in [7, 11) is 0. The van der Waals surface area contributed by atoms with Crippen molar-refractivity contribution in [1.29, 1.82) is 0 Å². The third-order valence-corrected chi connectivity index (χ3v) is 4.16. The molecule has 1 heterocycles. The van der Waals surface area contributed by atoms with Gasteiger partial charge >= 0.3 is 0 Å². The van der Waals surface area contributed by atoms with Crippen LogP contribution < -0.4 is 5.73 Å². The molecule has 18 heavy (non-hydrogen) atoms. The fourth-order valence-corrected chi connectivity index (χ4v) is 3.18. The summed E-state index contributed by atoms with van der Waals surface area (Å²) in [6, 6.07) is 6.08. The Kier molecular flexibility index (Phi) is 4.65. The molecule has 1 saturated heterocycles. The smallest absolute Gasteiger partial charge is 0.0541 e. The molecule has 0 bridgehead atoms. The second-order valence-electron chi connectivity index (χ2n) is 5.25.